The van der Waals surface area contributed by atoms with Crippen LogP contribution in [0.25, 0.3) is 0 Å². The Labute approximate surface area is 111 Å². The largest absolute Gasteiger partial charge is 0.345 e. The van der Waals surface area contributed by atoms with Gasteiger partial charge in [-0.05, 0) is 24.5 Å². The second-order valence-electron chi connectivity index (χ2n) is 4.92. The third-order valence-corrected chi connectivity index (χ3v) is 3.35. The van der Waals surface area contributed by atoms with Crippen molar-refractivity contribution >= 4 is 5.91 Å². The molecule has 1 N–H and O–H groups in total. The Kier molecular flexibility index (Phi) is 3.03. The van der Waals surface area contributed by atoms with E-state index in [-0.39, 0.29) is 5.91 Å². The van der Waals surface area contributed by atoms with Crippen molar-refractivity contribution in [1.29, 1.82) is 0 Å². The Morgan fingerprint density at radius 3 is 2.84 bits per heavy atom. The molecular weight excluding hydrogens is 242 g/mol. The fraction of sp³-hybridized carbons (Fsp3) is 0.357. The van der Waals surface area contributed by atoms with Gasteiger partial charge in [0.25, 0.3) is 5.91 Å². The van der Waals surface area contributed by atoms with Gasteiger partial charge in [0.15, 0.2) is 5.82 Å². The van der Waals surface area contributed by atoms with Gasteiger partial charge < -0.3 is 9.84 Å². The average molecular weight is 257 g/mol. The van der Waals surface area contributed by atoms with Crippen LogP contribution in [0.2, 0.25) is 0 Å². The van der Waals surface area contributed by atoms with Crippen molar-refractivity contribution in [3.05, 3.63) is 47.6 Å². The first-order valence-electron chi connectivity index (χ1n) is 6.40. The molecule has 2 atom stereocenters. The van der Waals surface area contributed by atoms with Gasteiger partial charge in [-0.2, -0.15) is 4.98 Å². The molecule has 1 aliphatic rings. The summed E-state index contributed by atoms with van der Waals surface area (Å²) in [6, 6.07) is 9.07. The SMILES string of the molecule is C[C@H]1C[C@H]1c1nc(CNC(=O)c2ccccc2)no1. The summed E-state index contributed by atoms with van der Waals surface area (Å²) >= 11 is 0. The zero-order valence-electron chi connectivity index (χ0n) is 10.7. The van der Waals surface area contributed by atoms with Crippen LogP contribution in [-0.4, -0.2) is 16.0 Å². The maximum Gasteiger partial charge on any atom is 0.251 e. The number of carbonyl (C=O) groups is 1. The maximum atomic E-state index is 11.8. The Bertz CT molecular complexity index is 579. The second-order valence-corrected chi connectivity index (χ2v) is 4.92. The Morgan fingerprint density at radius 2 is 2.16 bits per heavy atom. The third-order valence-electron chi connectivity index (χ3n) is 3.35. The first-order chi connectivity index (χ1) is 9.24. The zero-order chi connectivity index (χ0) is 13.2. The Morgan fingerprint density at radius 1 is 1.42 bits per heavy atom. The minimum absolute atomic E-state index is 0.133. The van der Waals surface area contributed by atoms with Gasteiger partial charge >= 0.3 is 0 Å². The molecule has 0 spiro atoms. The summed E-state index contributed by atoms with van der Waals surface area (Å²) in [5.41, 5.74) is 0.627. The highest BCUT2D eigenvalue weighted by molar-refractivity contribution is 5.93. The Balaban J connectivity index is 1.57. The summed E-state index contributed by atoms with van der Waals surface area (Å²) < 4.78 is 5.18. The van der Waals surface area contributed by atoms with Crippen molar-refractivity contribution in [2.24, 2.45) is 5.92 Å². The predicted molar refractivity (Wildman–Crippen MR) is 68.4 cm³/mol. The van der Waals surface area contributed by atoms with E-state index in [1.165, 1.54) is 0 Å². The molecule has 1 amide bonds. The van der Waals surface area contributed by atoms with Crippen LogP contribution in [0.1, 0.15) is 41.3 Å². The molecule has 0 unspecified atom stereocenters. The molecule has 19 heavy (non-hydrogen) atoms. The van der Waals surface area contributed by atoms with E-state index < -0.39 is 0 Å². The summed E-state index contributed by atoms with van der Waals surface area (Å²) in [6.07, 6.45) is 1.11. The molecule has 0 radical (unpaired) electrons. The fourth-order valence-electron chi connectivity index (χ4n) is 2.01. The maximum absolute atomic E-state index is 11.8. The first-order valence-corrected chi connectivity index (χ1v) is 6.40. The number of rotatable bonds is 4. The molecule has 1 aromatic carbocycles. The van der Waals surface area contributed by atoms with E-state index in [0.29, 0.717) is 35.7 Å². The third kappa shape index (κ3) is 2.65. The van der Waals surface area contributed by atoms with Gasteiger partial charge in [-0.1, -0.05) is 30.3 Å². The van der Waals surface area contributed by atoms with Gasteiger partial charge in [0.05, 0.1) is 6.54 Å². The lowest BCUT2D eigenvalue weighted by molar-refractivity contribution is 0.0949. The quantitative estimate of drug-likeness (QED) is 0.911. The van der Waals surface area contributed by atoms with Crippen LogP contribution in [0.15, 0.2) is 34.9 Å². The zero-order valence-corrected chi connectivity index (χ0v) is 10.7. The monoisotopic (exact) mass is 257 g/mol. The number of carbonyl (C=O) groups excluding carboxylic acids is 1. The minimum Gasteiger partial charge on any atom is -0.345 e. The molecule has 98 valence electrons. The highest BCUT2D eigenvalue weighted by atomic mass is 16.5. The van der Waals surface area contributed by atoms with Crippen molar-refractivity contribution in [3.8, 4) is 0 Å². The van der Waals surface area contributed by atoms with Gasteiger partial charge in [-0.25, -0.2) is 0 Å². The molecule has 0 saturated heterocycles. The number of nitrogens with one attached hydrogen (secondary N) is 1. The summed E-state index contributed by atoms with van der Waals surface area (Å²) in [6.45, 7) is 2.45. The van der Waals surface area contributed by atoms with Crippen LogP contribution in [0.5, 0.6) is 0 Å². The van der Waals surface area contributed by atoms with Crippen LogP contribution >= 0.6 is 0 Å². The minimum atomic E-state index is -0.133. The molecule has 2 aromatic rings. The summed E-state index contributed by atoms with van der Waals surface area (Å²) in [5.74, 6) is 2.12. The van der Waals surface area contributed by atoms with Crippen LogP contribution in [0.3, 0.4) is 0 Å². The van der Waals surface area contributed by atoms with Crippen LogP contribution in [0, 0.1) is 5.92 Å². The number of hydrogen-bond donors (Lipinski definition) is 1. The molecule has 1 fully saturated rings. The molecule has 3 rings (SSSR count). The van der Waals surface area contributed by atoms with Crippen molar-refractivity contribution in [1.82, 2.24) is 15.5 Å². The second kappa shape index (κ2) is 4.84. The molecule has 0 aliphatic heterocycles. The van der Waals surface area contributed by atoms with Gasteiger partial charge in [0.1, 0.15) is 0 Å². The van der Waals surface area contributed by atoms with E-state index in [1.807, 2.05) is 18.2 Å². The van der Waals surface area contributed by atoms with E-state index in [2.05, 4.69) is 22.4 Å². The lowest BCUT2D eigenvalue weighted by Gasteiger charge is -2.01. The van der Waals surface area contributed by atoms with E-state index in [0.717, 1.165) is 6.42 Å². The van der Waals surface area contributed by atoms with E-state index >= 15 is 0 Å². The van der Waals surface area contributed by atoms with Crippen molar-refractivity contribution in [2.75, 3.05) is 0 Å². The lowest BCUT2D eigenvalue weighted by Crippen LogP contribution is -2.23. The first kappa shape index (κ1) is 11.9. The van der Waals surface area contributed by atoms with Crippen LogP contribution < -0.4 is 5.32 Å². The van der Waals surface area contributed by atoms with Crippen LogP contribution in [0.4, 0.5) is 0 Å². The summed E-state index contributed by atoms with van der Waals surface area (Å²) in [4.78, 5) is 16.1. The van der Waals surface area contributed by atoms with Gasteiger partial charge in [0, 0.05) is 11.5 Å². The van der Waals surface area contributed by atoms with Gasteiger partial charge in [0.2, 0.25) is 5.89 Å². The summed E-state index contributed by atoms with van der Waals surface area (Å²) in [5, 5.41) is 6.65. The predicted octanol–water partition coefficient (Wildman–Crippen LogP) is 2.12. The van der Waals surface area contributed by atoms with Crippen LogP contribution in [-0.2, 0) is 6.54 Å². The van der Waals surface area contributed by atoms with E-state index in [9.17, 15) is 4.79 Å². The summed E-state index contributed by atoms with van der Waals surface area (Å²) in [7, 11) is 0. The number of aromatic nitrogens is 2. The number of benzene rings is 1. The molecular formula is C14H15N3O2. The number of amides is 1. The molecule has 0 bridgehead atoms. The Hall–Kier alpha value is -2.17. The smallest absolute Gasteiger partial charge is 0.251 e. The molecule has 1 heterocycles. The normalized spacial score (nSPS) is 21.1. The van der Waals surface area contributed by atoms with E-state index in [4.69, 9.17) is 4.52 Å². The number of hydrogen-bond acceptors (Lipinski definition) is 4. The molecule has 1 saturated carbocycles. The van der Waals surface area contributed by atoms with Gasteiger partial charge in [-0.15, -0.1) is 0 Å². The highest BCUT2D eigenvalue weighted by Crippen LogP contribution is 2.45. The standard InChI is InChI=1S/C14H15N3O2/c1-9-7-11(9)14-16-12(17-19-14)8-15-13(18)10-5-3-2-4-6-10/h2-6,9,11H,7-8H2,1H3,(H,15,18)/t9-,11+/m0/s1. The highest BCUT2D eigenvalue weighted by Gasteiger charge is 2.38. The van der Waals surface area contributed by atoms with Gasteiger partial charge in [-0.3, -0.25) is 4.79 Å². The molecule has 5 nitrogen and oxygen atoms in total. The lowest BCUT2D eigenvalue weighted by atomic mass is 10.2. The molecule has 1 aromatic heterocycles. The van der Waals surface area contributed by atoms with Crippen molar-refractivity contribution in [3.63, 3.8) is 0 Å². The fourth-order valence-corrected chi connectivity index (χ4v) is 2.01. The topological polar surface area (TPSA) is 68.0 Å². The average Bonchev–Trinajstić information content (AvgIpc) is 3.00. The van der Waals surface area contributed by atoms with E-state index in [1.54, 1.807) is 12.1 Å². The van der Waals surface area contributed by atoms with Crippen molar-refractivity contribution < 1.29 is 9.32 Å². The molecule has 5 heteroatoms. The number of nitrogens with zero attached hydrogens (tertiary/aromatic N) is 2. The molecule has 1 aliphatic carbocycles. The van der Waals surface area contributed by atoms with Crippen molar-refractivity contribution in [2.45, 2.75) is 25.8 Å².